The van der Waals surface area contributed by atoms with E-state index in [2.05, 4.69) is 16.5 Å². The quantitative estimate of drug-likeness (QED) is 0.766. The van der Waals surface area contributed by atoms with E-state index in [0.717, 1.165) is 23.4 Å². The Morgan fingerprint density at radius 3 is 2.88 bits per heavy atom. The molecule has 0 spiro atoms. The second-order valence-corrected chi connectivity index (χ2v) is 7.37. The van der Waals surface area contributed by atoms with E-state index < -0.39 is 0 Å². The molecule has 6 nitrogen and oxygen atoms in total. The summed E-state index contributed by atoms with van der Waals surface area (Å²) in [7, 11) is 1.89. The fourth-order valence-corrected chi connectivity index (χ4v) is 4.06. The molecule has 1 aliphatic rings. The number of thiophene rings is 1. The number of aromatic nitrogens is 2. The van der Waals surface area contributed by atoms with Gasteiger partial charge in [0.25, 0.3) is 5.91 Å². The van der Waals surface area contributed by atoms with Crippen LogP contribution in [0, 0.1) is 13.8 Å². The molecule has 1 aliphatic heterocycles. The number of fused-ring (bicyclic) bond motifs is 1. The largest absolute Gasteiger partial charge is 0.456 e. The van der Waals surface area contributed by atoms with Gasteiger partial charge in [0.2, 0.25) is 0 Å². The van der Waals surface area contributed by atoms with Gasteiger partial charge in [0.05, 0.1) is 5.69 Å². The van der Waals surface area contributed by atoms with Gasteiger partial charge in [-0.05, 0) is 49.3 Å². The van der Waals surface area contributed by atoms with Crippen LogP contribution in [0.15, 0.2) is 11.4 Å². The number of hydrogen-bond donors (Lipinski definition) is 0. The highest BCUT2D eigenvalue weighted by atomic mass is 32.1. The van der Waals surface area contributed by atoms with Crippen LogP contribution in [0.1, 0.15) is 33.8 Å². The zero-order valence-corrected chi connectivity index (χ0v) is 15.7. The minimum absolute atomic E-state index is 0.126. The normalized spacial score (nSPS) is 13.6. The summed E-state index contributed by atoms with van der Waals surface area (Å²) in [6.45, 7) is 5.05. The van der Waals surface area contributed by atoms with Crippen LogP contribution in [0.2, 0.25) is 0 Å². The SMILES string of the molecule is Cc1nn(C)c(C)c1CCC(=O)OCC(=O)N1CCc2sccc2C1. The summed E-state index contributed by atoms with van der Waals surface area (Å²) in [6, 6.07) is 2.06. The molecule has 0 bridgehead atoms. The molecule has 0 unspecified atom stereocenters. The molecule has 0 saturated carbocycles. The smallest absolute Gasteiger partial charge is 0.306 e. The highest BCUT2D eigenvalue weighted by Crippen LogP contribution is 2.24. The molecule has 3 rings (SSSR count). The molecular formula is C18H23N3O3S. The molecule has 3 heterocycles. The van der Waals surface area contributed by atoms with E-state index in [4.69, 9.17) is 4.74 Å². The predicted octanol–water partition coefficient (Wildman–Crippen LogP) is 2.16. The molecule has 1 amide bonds. The van der Waals surface area contributed by atoms with Crippen molar-refractivity contribution < 1.29 is 14.3 Å². The lowest BCUT2D eigenvalue weighted by Crippen LogP contribution is -2.38. The van der Waals surface area contributed by atoms with Crippen molar-refractivity contribution in [1.29, 1.82) is 0 Å². The van der Waals surface area contributed by atoms with Crippen molar-refractivity contribution in [2.45, 2.75) is 39.7 Å². The van der Waals surface area contributed by atoms with Gasteiger partial charge in [0.15, 0.2) is 6.61 Å². The highest BCUT2D eigenvalue weighted by molar-refractivity contribution is 7.10. The summed E-state index contributed by atoms with van der Waals surface area (Å²) in [6.07, 6.45) is 1.72. The maximum absolute atomic E-state index is 12.3. The Bertz CT molecular complexity index is 794. The predicted molar refractivity (Wildman–Crippen MR) is 95.4 cm³/mol. The fraction of sp³-hybridized carbons (Fsp3) is 0.500. The van der Waals surface area contributed by atoms with Gasteiger partial charge in [-0.1, -0.05) is 0 Å². The topological polar surface area (TPSA) is 64.4 Å². The molecule has 0 atom stereocenters. The number of esters is 1. The van der Waals surface area contributed by atoms with E-state index in [1.165, 1.54) is 10.4 Å². The molecule has 0 aromatic carbocycles. The Morgan fingerprint density at radius 2 is 2.16 bits per heavy atom. The first-order chi connectivity index (χ1) is 12.0. The Balaban J connectivity index is 1.45. The molecule has 25 heavy (non-hydrogen) atoms. The average Bonchev–Trinajstić information content (AvgIpc) is 3.15. The molecule has 0 saturated heterocycles. The van der Waals surface area contributed by atoms with Crippen molar-refractivity contribution in [2.75, 3.05) is 13.2 Å². The van der Waals surface area contributed by atoms with E-state index in [1.807, 2.05) is 25.6 Å². The number of nitrogens with zero attached hydrogens (tertiary/aromatic N) is 3. The second-order valence-electron chi connectivity index (χ2n) is 6.37. The molecule has 0 radical (unpaired) electrons. The van der Waals surface area contributed by atoms with Crippen LogP contribution in [0.4, 0.5) is 0 Å². The summed E-state index contributed by atoms with van der Waals surface area (Å²) in [5.41, 5.74) is 4.27. The van der Waals surface area contributed by atoms with E-state index in [-0.39, 0.29) is 24.9 Å². The monoisotopic (exact) mass is 361 g/mol. The standard InChI is InChI=1S/C18H23N3O3S/c1-12-15(13(2)20(3)19-12)4-5-18(23)24-11-17(22)21-8-6-16-14(10-21)7-9-25-16/h7,9H,4-6,8,10-11H2,1-3H3. The molecule has 134 valence electrons. The van der Waals surface area contributed by atoms with Gasteiger partial charge in [-0.15, -0.1) is 11.3 Å². The van der Waals surface area contributed by atoms with Gasteiger partial charge in [0.1, 0.15) is 0 Å². The number of rotatable bonds is 5. The van der Waals surface area contributed by atoms with Crippen LogP contribution in [-0.4, -0.2) is 39.7 Å². The Hall–Kier alpha value is -2.15. The summed E-state index contributed by atoms with van der Waals surface area (Å²) < 4.78 is 6.99. The minimum Gasteiger partial charge on any atom is -0.456 e. The number of aryl methyl sites for hydroxylation is 2. The van der Waals surface area contributed by atoms with Gasteiger partial charge >= 0.3 is 5.97 Å². The van der Waals surface area contributed by atoms with Gasteiger partial charge in [-0.2, -0.15) is 5.10 Å². The van der Waals surface area contributed by atoms with Gasteiger partial charge in [0, 0.05) is 37.1 Å². The average molecular weight is 361 g/mol. The number of carbonyl (C=O) groups excluding carboxylic acids is 2. The molecule has 0 N–H and O–H groups in total. The van der Waals surface area contributed by atoms with Crippen LogP contribution in [0.3, 0.4) is 0 Å². The first-order valence-electron chi connectivity index (χ1n) is 8.43. The van der Waals surface area contributed by atoms with Gasteiger partial charge < -0.3 is 9.64 Å². The van der Waals surface area contributed by atoms with Crippen LogP contribution in [-0.2, 0) is 40.8 Å². The summed E-state index contributed by atoms with van der Waals surface area (Å²) in [5.74, 6) is -0.469. The fourth-order valence-electron chi connectivity index (χ4n) is 3.17. The number of ether oxygens (including phenoxy) is 1. The lowest BCUT2D eigenvalue weighted by molar-refractivity contribution is -0.152. The van der Waals surface area contributed by atoms with Crippen molar-refractivity contribution in [3.8, 4) is 0 Å². The molecular weight excluding hydrogens is 338 g/mol. The zero-order chi connectivity index (χ0) is 18.0. The van der Waals surface area contributed by atoms with Crippen LogP contribution in [0.5, 0.6) is 0 Å². The molecule has 2 aromatic heterocycles. The van der Waals surface area contributed by atoms with Gasteiger partial charge in [-0.3, -0.25) is 14.3 Å². The third kappa shape index (κ3) is 3.92. The number of amides is 1. The molecule has 7 heteroatoms. The summed E-state index contributed by atoms with van der Waals surface area (Å²) in [4.78, 5) is 27.3. The second kappa shape index (κ2) is 7.39. The van der Waals surface area contributed by atoms with E-state index >= 15 is 0 Å². The summed E-state index contributed by atoms with van der Waals surface area (Å²) >= 11 is 1.74. The highest BCUT2D eigenvalue weighted by Gasteiger charge is 2.22. The van der Waals surface area contributed by atoms with E-state index in [9.17, 15) is 9.59 Å². The van der Waals surface area contributed by atoms with Crippen molar-refractivity contribution in [2.24, 2.45) is 7.05 Å². The van der Waals surface area contributed by atoms with Crippen LogP contribution >= 0.6 is 11.3 Å². The molecule has 0 aliphatic carbocycles. The molecule has 0 fully saturated rings. The minimum atomic E-state index is -0.343. The van der Waals surface area contributed by atoms with E-state index in [0.29, 0.717) is 19.5 Å². The molecule has 2 aromatic rings. The third-order valence-corrected chi connectivity index (χ3v) is 5.78. The Morgan fingerprint density at radius 1 is 1.36 bits per heavy atom. The number of hydrogen-bond acceptors (Lipinski definition) is 5. The zero-order valence-electron chi connectivity index (χ0n) is 14.9. The van der Waals surface area contributed by atoms with Crippen molar-refractivity contribution >= 4 is 23.2 Å². The maximum atomic E-state index is 12.3. The van der Waals surface area contributed by atoms with Crippen molar-refractivity contribution in [3.63, 3.8) is 0 Å². The van der Waals surface area contributed by atoms with Crippen LogP contribution < -0.4 is 0 Å². The van der Waals surface area contributed by atoms with Crippen LogP contribution in [0.25, 0.3) is 0 Å². The number of carbonyl (C=O) groups is 2. The first kappa shape index (κ1) is 17.7. The van der Waals surface area contributed by atoms with E-state index in [1.54, 1.807) is 16.2 Å². The first-order valence-corrected chi connectivity index (χ1v) is 9.31. The van der Waals surface area contributed by atoms with Crippen molar-refractivity contribution in [1.82, 2.24) is 14.7 Å². The Labute approximate surface area is 151 Å². The lowest BCUT2D eigenvalue weighted by Gasteiger charge is -2.26. The van der Waals surface area contributed by atoms with Crippen molar-refractivity contribution in [3.05, 3.63) is 38.8 Å². The van der Waals surface area contributed by atoms with Gasteiger partial charge in [-0.25, -0.2) is 0 Å². The Kier molecular flexibility index (Phi) is 5.22. The third-order valence-electron chi connectivity index (χ3n) is 4.76. The maximum Gasteiger partial charge on any atom is 0.306 e. The summed E-state index contributed by atoms with van der Waals surface area (Å²) in [5, 5.41) is 6.40. The lowest BCUT2D eigenvalue weighted by atomic mass is 10.1.